The number of hydrogen-bond donors (Lipinski definition) is 1. The van der Waals surface area contributed by atoms with Gasteiger partial charge in [-0.15, -0.1) is 0 Å². The summed E-state index contributed by atoms with van der Waals surface area (Å²) in [6, 6.07) is 5.26. The van der Waals surface area contributed by atoms with Gasteiger partial charge in [-0.1, -0.05) is 31.9 Å². The van der Waals surface area contributed by atoms with E-state index in [0.29, 0.717) is 17.0 Å². The topological polar surface area (TPSA) is 57.6 Å². The fraction of sp³-hybridized carbons (Fsp3) is 0.600. The first-order valence-corrected chi connectivity index (χ1v) is 8.67. The van der Waals surface area contributed by atoms with E-state index in [1.54, 1.807) is 29.4 Å². The molecule has 0 bridgehead atoms. The lowest BCUT2D eigenvalue weighted by atomic mass is 10.2. The van der Waals surface area contributed by atoms with Crippen LogP contribution in [0.2, 0.25) is 0 Å². The first-order valence-electron chi connectivity index (χ1n) is 7.23. The number of nitrogens with zero attached hydrogens (tertiary/aromatic N) is 1. The summed E-state index contributed by atoms with van der Waals surface area (Å²) in [6.45, 7) is 4.05. The standard InChI is InChI=1S/C15H23NO3S/c1-3-16(14-6-4-5-7-14)20(18,19)15-10-13(11-17)9-8-12(15)2/h8-10,14,17H,3-7,11H2,1-2H3. The third-order valence-corrected chi connectivity index (χ3v) is 6.23. The minimum Gasteiger partial charge on any atom is -0.392 e. The molecule has 1 aromatic rings. The largest absolute Gasteiger partial charge is 0.392 e. The molecule has 0 aromatic heterocycles. The molecule has 4 nitrogen and oxygen atoms in total. The number of rotatable bonds is 5. The van der Waals surface area contributed by atoms with E-state index >= 15 is 0 Å². The van der Waals surface area contributed by atoms with Gasteiger partial charge in [-0.05, 0) is 37.0 Å². The van der Waals surface area contributed by atoms with Crippen molar-refractivity contribution in [2.45, 2.75) is 57.1 Å². The van der Waals surface area contributed by atoms with Crippen LogP contribution in [-0.4, -0.2) is 30.4 Å². The van der Waals surface area contributed by atoms with Crippen LogP contribution >= 0.6 is 0 Å². The van der Waals surface area contributed by atoms with Crippen molar-refractivity contribution in [3.63, 3.8) is 0 Å². The molecular formula is C15H23NO3S. The van der Waals surface area contributed by atoms with Gasteiger partial charge >= 0.3 is 0 Å². The van der Waals surface area contributed by atoms with Gasteiger partial charge in [0.2, 0.25) is 10.0 Å². The number of aliphatic hydroxyl groups excluding tert-OH is 1. The monoisotopic (exact) mass is 297 g/mol. The van der Waals surface area contributed by atoms with Crippen LogP contribution in [-0.2, 0) is 16.6 Å². The number of benzene rings is 1. The molecule has 0 atom stereocenters. The Morgan fingerprint density at radius 2 is 1.95 bits per heavy atom. The molecule has 0 radical (unpaired) electrons. The lowest BCUT2D eigenvalue weighted by Gasteiger charge is -2.27. The molecule has 1 aliphatic carbocycles. The third kappa shape index (κ3) is 2.90. The molecule has 1 aliphatic rings. The molecule has 1 fully saturated rings. The van der Waals surface area contributed by atoms with Crippen molar-refractivity contribution >= 4 is 10.0 Å². The number of sulfonamides is 1. The average Bonchev–Trinajstić information content (AvgIpc) is 2.93. The molecule has 0 saturated heterocycles. The summed E-state index contributed by atoms with van der Waals surface area (Å²) in [7, 11) is -3.48. The lowest BCUT2D eigenvalue weighted by Crippen LogP contribution is -2.38. The van der Waals surface area contributed by atoms with Crippen molar-refractivity contribution in [2.75, 3.05) is 6.54 Å². The average molecular weight is 297 g/mol. The van der Waals surface area contributed by atoms with Crippen molar-refractivity contribution in [1.82, 2.24) is 4.31 Å². The van der Waals surface area contributed by atoms with E-state index in [1.165, 1.54) is 0 Å². The summed E-state index contributed by atoms with van der Waals surface area (Å²) in [4.78, 5) is 0.331. The van der Waals surface area contributed by atoms with E-state index in [-0.39, 0.29) is 12.6 Å². The van der Waals surface area contributed by atoms with Gasteiger partial charge < -0.3 is 5.11 Å². The summed E-state index contributed by atoms with van der Waals surface area (Å²) < 4.78 is 27.4. The Balaban J connectivity index is 2.42. The van der Waals surface area contributed by atoms with Crippen molar-refractivity contribution < 1.29 is 13.5 Å². The van der Waals surface area contributed by atoms with Gasteiger partial charge in [0, 0.05) is 12.6 Å². The second-order valence-corrected chi connectivity index (χ2v) is 7.26. The van der Waals surface area contributed by atoms with Crippen LogP contribution < -0.4 is 0 Å². The Kier molecular flexibility index (Phi) is 4.83. The van der Waals surface area contributed by atoms with Crippen LogP contribution in [0.4, 0.5) is 0 Å². The summed E-state index contributed by atoms with van der Waals surface area (Å²) in [6.07, 6.45) is 4.11. The second-order valence-electron chi connectivity index (χ2n) is 5.40. The van der Waals surface area contributed by atoms with Crippen molar-refractivity contribution in [3.05, 3.63) is 29.3 Å². The van der Waals surface area contributed by atoms with E-state index in [2.05, 4.69) is 0 Å². The van der Waals surface area contributed by atoms with E-state index in [1.807, 2.05) is 6.92 Å². The third-order valence-electron chi connectivity index (χ3n) is 4.07. The van der Waals surface area contributed by atoms with Crippen molar-refractivity contribution in [2.24, 2.45) is 0 Å². The molecule has 5 heteroatoms. The molecule has 1 N–H and O–H groups in total. The molecule has 112 valence electrons. The second kappa shape index (κ2) is 6.24. The van der Waals surface area contributed by atoms with E-state index < -0.39 is 10.0 Å². The SMILES string of the molecule is CCN(C1CCCC1)S(=O)(=O)c1cc(CO)ccc1C. The van der Waals surface area contributed by atoms with Gasteiger partial charge in [-0.3, -0.25) is 0 Å². The first kappa shape index (κ1) is 15.5. The smallest absolute Gasteiger partial charge is 0.243 e. The van der Waals surface area contributed by atoms with E-state index in [9.17, 15) is 13.5 Å². The molecule has 1 aromatic carbocycles. The van der Waals surface area contributed by atoms with Crippen LogP contribution in [0.5, 0.6) is 0 Å². The maximum Gasteiger partial charge on any atom is 0.243 e. The van der Waals surface area contributed by atoms with Crippen LogP contribution in [0.1, 0.15) is 43.7 Å². The molecule has 0 aliphatic heterocycles. The summed E-state index contributed by atoms with van der Waals surface area (Å²) in [5.74, 6) is 0. The Labute approximate surface area is 121 Å². The van der Waals surface area contributed by atoms with Crippen molar-refractivity contribution in [3.8, 4) is 0 Å². The van der Waals surface area contributed by atoms with Gasteiger partial charge in [-0.25, -0.2) is 8.42 Å². The minimum absolute atomic E-state index is 0.127. The van der Waals surface area contributed by atoms with E-state index in [0.717, 1.165) is 31.2 Å². The van der Waals surface area contributed by atoms with Gasteiger partial charge in [0.1, 0.15) is 0 Å². The predicted molar refractivity (Wildman–Crippen MR) is 78.9 cm³/mol. The fourth-order valence-electron chi connectivity index (χ4n) is 2.96. The zero-order valence-corrected chi connectivity index (χ0v) is 13.0. The molecule has 20 heavy (non-hydrogen) atoms. The Morgan fingerprint density at radius 1 is 1.30 bits per heavy atom. The fourth-order valence-corrected chi connectivity index (χ4v) is 4.93. The minimum atomic E-state index is -3.48. The zero-order valence-electron chi connectivity index (χ0n) is 12.2. The molecule has 2 rings (SSSR count). The van der Waals surface area contributed by atoms with Gasteiger partial charge in [0.05, 0.1) is 11.5 Å². The molecule has 0 unspecified atom stereocenters. The summed E-state index contributed by atoms with van der Waals surface area (Å²) >= 11 is 0. The zero-order chi connectivity index (χ0) is 14.8. The molecular weight excluding hydrogens is 274 g/mol. The summed E-state index contributed by atoms with van der Waals surface area (Å²) in [5, 5.41) is 9.22. The van der Waals surface area contributed by atoms with Crippen molar-refractivity contribution in [1.29, 1.82) is 0 Å². The maximum absolute atomic E-state index is 12.9. The Hall–Kier alpha value is -0.910. The highest BCUT2D eigenvalue weighted by Crippen LogP contribution is 2.30. The molecule has 0 heterocycles. The van der Waals surface area contributed by atoms with Gasteiger partial charge in [-0.2, -0.15) is 4.31 Å². The Bertz CT molecular complexity index is 562. The normalized spacial score (nSPS) is 17.0. The highest BCUT2D eigenvalue weighted by molar-refractivity contribution is 7.89. The van der Waals surface area contributed by atoms with Crippen LogP contribution in [0.15, 0.2) is 23.1 Å². The lowest BCUT2D eigenvalue weighted by molar-refractivity contribution is 0.281. The van der Waals surface area contributed by atoms with Gasteiger partial charge in [0.15, 0.2) is 0 Å². The quantitative estimate of drug-likeness (QED) is 0.908. The number of aliphatic hydroxyl groups is 1. The van der Waals surface area contributed by atoms with Crippen LogP contribution in [0.25, 0.3) is 0 Å². The predicted octanol–water partition coefficient (Wildman–Crippen LogP) is 2.44. The molecule has 0 spiro atoms. The summed E-state index contributed by atoms with van der Waals surface area (Å²) in [5.41, 5.74) is 1.37. The number of hydrogen-bond acceptors (Lipinski definition) is 3. The maximum atomic E-state index is 12.9. The highest BCUT2D eigenvalue weighted by Gasteiger charge is 2.32. The first-order chi connectivity index (χ1) is 9.50. The number of aryl methyl sites for hydroxylation is 1. The molecule has 1 saturated carbocycles. The van der Waals surface area contributed by atoms with Crippen LogP contribution in [0, 0.1) is 6.92 Å². The van der Waals surface area contributed by atoms with Gasteiger partial charge in [0.25, 0.3) is 0 Å². The highest BCUT2D eigenvalue weighted by atomic mass is 32.2. The molecule has 0 amide bonds. The Morgan fingerprint density at radius 3 is 2.50 bits per heavy atom. The van der Waals surface area contributed by atoms with E-state index in [4.69, 9.17) is 0 Å². The van der Waals surface area contributed by atoms with Crippen LogP contribution in [0.3, 0.4) is 0 Å².